The molecule has 0 saturated heterocycles. The van der Waals surface area contributed by atoms with Gasteiger partial charge in [-0.2, -0.15) is 0 Å². The van der Waals surface area contributed by atoms with Crippen LogP contribution in [0, 0.1) is 11.8 Å². The molecule has 0 aliphatic rings. The van der Waals surface area contributed by atoms with E-state index in [1.807, 2.05) is 0 Å². The fraction of sp³-hybridized carbons (Fsp3) is 0.943. The van der Waals surface area contributed by atoms with Gasteiger partial charge in [0.25, 0.3) is 0 Å². The van der Waals surface area contributed by atoms with Crippen LogP contribution in [0.5, 0.6) is 0 Å². The Morgan fingerprint density at radius 2 is 0.517 bits per heavy atom. The van der Waals surface area contributed by atoms with E-state index >= 15 is 0 Å². The van der Waals surface area contributed by atoms with Crippen molar-refractivity contribution in [3.8, 4) is 0 Å². The molecule has 0 aliphatic heterocycles. The first kappa shape index (κ1) is 87.1. The number of esters is 4. The lowest BCUT2D eigenvalue weighted by atomic mass is 10.0. The van der Waals surface area contributed by atoms with Gasteiger partial charge in [-0.1, -0.05) is 305 Å². The predicted octanol–water partition coefficient (Wildman–Crippen LogP) is 20.0. The number of hydrogen-bond donors (Lipinski definition) is 3. The minimum Gasteiger partial charge on any atom is -0.462 e. The molecule has 0 amide bonds. The Hall–Kier alpha value is -1.94. The van der Waals surface area contributed by atoms with Gasteiger partial charge in [-0.15, -0.1) is 0 Å². The van der Waals surface area contributed by atoms with E-state index in [1.54, 1.807) is 0 Å². The molecule has 528 valence electrons. The molecule has 0 bridgehead atoms. The maximum absolute atomic E-state index is 13.0. The van der Waals surface area contributed by atoms with Crippen molar-refractivity contribution in [3.63, 3.8) is 0 Å². The Balaban J connectivity index is 5.21. The zero-order chi connectivity index (χ0) is 65.7. The number of carbonyl (C=O) groups excluding carboxylic acids is 4. The molecule has 5 atom stereocenters. The molecule has 0 radical (unpaired) electrons. The van der Waals surface area contributed by atoms with Crippen LogP contribution < -0.4 is 0 Å². The zero-order valence-corrected chi connectivity index (χ0v) is 59.5. The molecular weight excluding hydrogens is 1170 g/mol. The van der Waals surface area contributed by atoms with E-state index in [4.69, 9.17) is 37.0 Å². The van der Waals surface area contributed by atoms with Crippen molar-refractivity contribution in [2.75, 3.05) is 39.6 Å². The highest BCUT2D eigenvalue weighted by Gasteiger charge is 2.30. The smallest absolute Gasteiger partial charge is 0.462 e. The SMILES string of the molecule is CCCCCCCCCCCCCCCCCCC(=O)O[C@H](COC(=O)CCCCCCCCCCCCCCC(C)C)COP(=O)(O)OC[C@@H](O)COP(=O)(O)OC[C@@H](COC(=O)CCCCCCCCC)OC(=O)CCCCCCCCCCC(C)C. The molecule has 0 aromatic rings. The Kier molecular flexibility index (Phi) is 60.8. The van der Waals surface area contributed by atoms with Gasteiger partial charge in [0.2, 0.25) is 0 Å². The first-order valence-corrected chi connectivity index (χ1v) is 39.5. The minimum absolute atomic E-state index is 0.104. The molecule has 0 aromatic carbocycles. The van der Waals surface area contributed by atoms with E-state index in [-0.39, 0.29) is 25.7 Å². The number of aliphatic hydroxyl groups excluding tert-OH is 1. The van der Waals surface area contributed by atoms with Gasteiger partial charge in [0.15, 0.2) is 12.2 Å². The van der Waals surface area contributed by atoms with Gasteiger partial charge in [-0.05, 0) is 37.5 Å². The number of unbranched alkanes of at least 4 members (excludes halogenated alkanes) is 39. The first-order valence-electron chi connectivity index (χ1n) is 36.5. The summed E-state index contributed by atoms with van der Waals surface area (Å²) in [6.45, 7) is 9.48. The van der Waals surface area contributed by atoms with Crippen molar-refractivity contribution in [1.29, 1.82) is 0 Å². The summed E-state index contributed by atoms with van der Waals surface area (Å²) in [4.78, 5) is 72.4. The summed E-state index contributed by atoms with van der Waals surface area (Å²) >= 11 is 0. The van der Waals surface area contributed by atoms with Gasteiger partial charge in [0.1, 0.15) is 19.3 Å². The van der Waals surface area contributed by atoms with Crippen LogP contribution in [0.1, 0.15) is 356 Å². The average Bonchev–Trinajstić information content (AvgIpc) is 3.62. The predicted molar refractivity (Wildman–Crippen MR) is 358 cm³/mol. The largest absolute Gasteiger partial charge is 0.472 e. The second-order valence-corrected chi connectivity index (χ2v) is 29.1. The third-order valence-corrected chi connectivity index (χ3v) is 18.1. The lowest BCUT2D eigenvalue weighted by molar-refractivity contribution is -0.161. The molecule has 3 N–H and O–H groups in total. The lowest BCUT2D eigenvalue weighted by Crippen LogP contribution is -2.30. The fourth-order valence-corrected chi connectivity index (χ4v) is 12.2. The highest BCUT2D eigenvalue weighted by Crippen LogP contribution is 2.45. The van der Waals surface area contributed by atoms with Crippen LogP contribution in [0.4, 0.5) is 0 Å². The highest BCUT2D eigenvalue weighted by atomic mass is 31.2. The number of rotatable bonds is 69. The molecule has 0 fully saturated rings. The highest BCUT2D eigenvalue weighted by molar-refractivity contribution is 7.47. The van der Waals surface area contributed by atoms with E-state index in [1.165, 1.54) is 161 Å². The molecule has 0 rings (SSSR count). The van der Waals surface area contributed by atoms with Crippen LogP contribution in [0.3, 0.4) is 0 Å². The van der Waals surface area contributed by atoms with Crippen molar-refractivity contribution in [1.82, 2.24) is 0 Å². The summed E-state index contributed by atoms with van der Waals surface area (Å²) in [5.41, 5.74) is 0. The van der Waals surface area contributed by atoms with Gasteiger partial charge >= 0.3 is 39.5 Å². The molecule has 0 saturated carbocycles. The maximum Gasteiger partial charge on any atom is 0.472 e. The molecule has 2 unspecified atom stereocenters. The van der Waals surface area contributed by atoms with Gasteiger partial charge in [-0.25, -0.2) is 9.13 Å². The number of carbonyl (C=O) groups is 4. The average molecular weight is 1310 g/mol. The Morgan fingerprint density at radius 3 is 0.764 bits per heavy atom. The van der Waals surface area contributed by atoms with E-state index in [0.717, 1.165) is 115 Å². The van der Waals surface area contributed by atoms with Crippen LogP contribution in [0.15, 0.2) is 0 Å². The van der Waals surface area contributed by atoms with Crippen molar-refractivity contribution in [3.05, 3.63) is 0 Å². The molecule has 0 spiro atoms. The van der Waals surface area contributed by atoms with Crippen LogP contribution in [-0.4, -0.2) is 96.7 Å². The summed E-state index contributed by atoms with van der Waals surface area (Å²) < 4.78 is 68.2. The zero-order valence-electron chi connectivity index (χ0n) is 57.7. The Labute approximate surface area is 543 Å². The van der Waals surface area contributed by atoms with Crippen molar-refractivity contribution >= 4 is 39.5 Å². The van der Waals surface area contributed by atoms with Crippen molar-refractivity contribution in [2.45, 2.75) is 374 Å². The molecule has 0 heterocycles. The van der Waals surface area contributed by atoms with Crippen LogP contribution in [0.25, 0.3) is 0 Å². The maximum atomic E-state index is 13.0. The van der Waals surface area contributed by atoms with Crippen LogP contribution >= 0.6 is 15.6 Å². The van der Waals surface area contributed by atoms with Crippen LogP contribution in [-0.2, 0) is 65.4 Å². The van der Waals surface area contributed by atoms with Gasteiger partial charge in [-0.3, -0.25) is 37.3 Å². The quantitative estimate of drug-likeness (QED) is 0.0222. The molecule has 0 aromatic heterocycles. The number of ether oxygens (including phenoxy) is 4. The summed E-state index contributed by atoms with van der Waals surface area (Å²) in [5.74, 6) is -0.628. The molecule has 0 aliphatic carbocycles. The summed E-state index contributed by atoms with van der Waals surface area (Å²) in [6, 6.07) is 0. The van der Waals surface area contributed by atoms with E-state index < -0.39 is 97.5 Å². The van der Waals surface area contributed by atoms with Crippen molar-refractivity contribution < 1.29 is 80.2 Å². The fourth-order valence-electron chi connectivity index (χ4n) is 10.6. The lowest BCUT2D eigenvalue weighted by Gasteiger charge is -2.21. The van der Waals surface area contributed by atoms with Gasteiger partial charge in [0, 0.05) is 25.7 Å². The van der Waals surface area contributed by atoms with E-state index in [0.29, 0.717) is 25.7 Å². The summed E-state index contributed by atoms with van der Waals surface area (Å²) in [6.07, 6.45) is 47.3. The van der Waals surface area contributed by atoms with Crippen LogP contribution in [0.2, 0.25) is 0 Å². The monoisotopic (exact) mass is 1310 g/mol. The molecule has 89 heavy (non-hydrogen) atoms. The number of phosphoric acid groups is 2. The number of hydrogen-bond acceptors (Lipinski definition) is 15. The summed E-state index contributed by atoms with van der Waals surface area (Å²) in [5, 5.41) is 10.6. The summed E-state index contributed by atoms with van der Waals surface area (Å²) in [7, 11) is -9.89. The number of aliphatic hydroxyl groups is 1. The van der Waals surface area contributed by atoms with Gasteiger partial charge in [0.05, 0.1) is 26.4 Å². The Bertz CT molecular complexity index is 1730. The third-order valence-electron chi connectivity index (χ3n) is 16.2. The molecule has 19 heteroatoms. The second-order valence-electron chi connectivity index (χ2n) is 26.2. The normalized spacial score (nSPS) is 14.1. The van der Waals surface area contributed by atoms with Crippen molar-refractivity contribution in [2.24, 2.45) is 11.8 Å². The van der Waals surface area contributed by atoms with E-state index in [2.05, 4.69) is 41.5 Å². The van der Waals surface area contributed by atoms with Gasteiger partial charge < -0.3 is 33.8 Å². The van der Waals surface area contributed by atoms with E-state index in [9.17, 15) is 43.2 Å². The first-order chi connectivity index (χ1) is 42.9. The number of phosphoric ester groups is 2. The molecular formula is C70H136O17P2. The topological polar surface area (TPSA) is 237 Å². The standard InChI is InChI=1S/C70H136O17P2/c1-7-9-11-13-15-16-17-18-19-20-21-26-29-36-42-48-54-69(74)86-66(59-81-68(73)53-47-41-35-28-25-23-22-24-27-33-38-44-50-62(3)4)61-85-89(78,79)83-57-64(71)56-82-88(76,77)84-60-65(58-80-67(72)52-46-40-32-14-12-10-8-2)87-70(75)55-49-43-37-31-30-34-39-45-51-63(5)6/h62-66,71H,7-61H2,1-6H3,(H,76,77)(H,78,79)/t64-,65+,66+/m0/s1. The minimum atomic E-state index is -4.95. The third kappa shape index (κ3) is 64.6. The second kappa shape index (κ2) is 62.2. The Morgan fingerprint density at radius 1 is 0.303 bits per heavy atom. The molecule has 17 nitrogen and oxygen atoms in total.